The molecular weight excluding hydrogens is 453 g/mol. The number of fused-ring (bicyclic) bond motifs is 3. The number of allylic oxidation sites excluding steroid dienone is 2. The number of carbonyl (C=O) groups is 2. The van der Waals surface area contributed by atoms with E-state index in [1.807, 2.05) is 4.68 Å². The molecule has 0 radical (unpaired) electrons. The number of ether oxygens (including phenoxy) is 1. The Bertz CT molecular complexity index is 1120. The molecule has 1 aromatic rings. The van der Waals surface area contributed by atoms with Crippen molar-refractivity contribution in [3.8, 4) is 0 Å². The molecular formula is C23H25F3N4O4. The van der Waals surface area contributed by atoms with Crippen LogP contribution in [0.1, 0.15) is 54.7 Å². The van der Waals surface area contributed by atoms with Gasteiger partial charge < -0.3 is 14.7 Å². The molecule has 0 aromatic carbocycles. The lowest BCUT2D eigenvalue weighted by atomic mass is 9.83. The van der Waals surface area contributed by atoms with Gasteiger partial charge in [-0.1, -0.05) is 11.6 Å². The number of nitrogens with zero attached hydrogens (tertiary/aromatic N) is 4. The first-order valence-electron chi connectivity index (χ1n) is 11.4. The van der Waals surface area contributed by atoms with E-state index in [9.17, 15) is 27.9 Å². The average Bonchev–Trinajstić information content (AvgIpc) is 3.25. The molecule has 0 saturated carbocycles. The summed E-state index contributed by atoms with van der Waals surface area (Å²) in [7, 11) is 0. The summed E-state index contributed by atoms with van der Waals surface area (Å²) in [6.45, 7) is 2.54. The lowest BCUT2D eigenvalue weighted by molar-refractivity contribution is -0.272. The maximum atomic E-state index is 13.3. The number of aliphatic imine (C=N–C) groups is 1. The Labute approximate surface area is 193 Å². The molecule has 3 aliphatic heterocycles. The number of aromatic nitrogens is 2. The van der Waals surface area contributed by atoms with Gasteiger partial charge in [-0.15, -0.1) is 0 Å². The zero-order valence-corrected chi connectivity index (χ0v) is 18.6. The van der Waals surface area contributed by atoms with Crippen molar-refractivity contribution in [2.45, 2.75) is 50.4 Å². The molecule has 11 heteroatoms. The van der Waals surface area contributed by atoms with Crippen LogP contribution in [0.25, 0.3) is 5.57 Å². The fourth-order valence-corrected chi connectivity index (χ4v) is 5.07. The number of rotatable bonds is 2. The van der Waals surface area contributed by atoms with E-state index in [1.165, 1.54) is 11.1 Å². The zero-order valence-electron chi connectivity index (χ0n) is 18.6. The molecule has 1 aromatic heterocycles. The Balaban J connectivity index is 1.44. The highest BCUT2D eigenvalue weighted by atomic mass is 19.4. The van der Waals surface area contributed by atoms with Gasteiger partial charge in [0.15, 0.2) is 5.60 Å². The van der Waals surface area contributed by atoms with Gasteiger partial charge in [0.1, 0.15) is 0 Å². The number of carbonyl (C=O) groups excluding carboxylic acids is 2. The molecule has 34 heavy (non-hydrogen) atoms. The van der Waals surface area contributed by atoms with Crippen molar-refractivity contribution < 1.29 is 32.6 Å². The van der Waals surface area contributed by atoms with Gasteiger partial charge in [-0.2, -0.15) is 18.3 Å². The van der Waals surface area contributed by atoms with Crippen LogP contribution < -0.4 is 0 Å². The minimum absolute atomic E-state index is 0.0499. The van der Waals surface area contributed by atoms with Crippen molar-refractivity contribution >= 4 is 23.1 Å². The van der Waals surface area contributed by atoms with Gasteiger partial charge in [-0.05, 0) is 25.8 Å². The molecule has 1 atom stereocenters. The Morgan fingerprint density at radius 1 is 1.24 bits per heavy atom. The summed E-state index contributed by atoms with van der Waals surface area (Å²) < 4.78 is 46.7. The largest absolute Gasteiger partial charge is 0.417 e. The second-order valence-electron chi connectivity index (χ2n) is 9.30. The van der Waals surface area contributed by atoms with Crippen LogP contribution in [0, 0.1) is 5.92 Å². The zero-order chi connectivity index (χ0) is 24.3. The van der Waals surface area contributed by atoms with Crippen LogP contribution in [0.2, 0.25) is 0 Å². The summed E-state index contributed by atoms with van der Waals surface area (Å²) in [6.07, 6.45) is 0.569. The molecule has 2 saturated heterocycles. The van der Waals surface area contributed by atoms with E-state index in [0.717, 1.165) is 12.8 Å². The third-order valence-electron chi connectivity index (χ3n) is 7.20. The van der Waals surface area contributed by atoms with E-state index in [1.54, 1.807) is 19.1 Å². The smallest absolute Gasteiger partial charge is 0.381 e. The minimum atomic E-state index is -4.73. The topological polar surface area (TPSA) is 97.0 Å². The summed E-state index contributed by atoms with van der Waals surface area (Å²) >= 11 is 0. The van der Waals surface area contributed by atoms with E-state index in [4.69, 9.17) is 4.74 Å². The predicted octanol–water partition coefficient (Wildman–Crippen LogP) is 2.70. The first-order chi connectivity index (χ1) is 16.1. The molecule has 2 amide bonds. The lowest BCUT2D eigenvalue weighted by Gasteiger charge is -2.40. The van der Waals surface area contributed by atoms with Crippen molar-refractivity contribution in [1.29, 1.82) is 0 Å². The Kier molecular flexibility index (Phi) is 5.51. The number of hydrogen-bond donors (Lipinski definition) is 1. The fraction of sp³-hybridized carbons (Fsp3) is 0.565. The number of aliphatic hydroxyl groups is 1. The summed E-state index contributed by atoms with van der Waals surface area (Å²) in [5.74, 6) is -1.43. The first kappa shape index (κ1) is 23.0. The number of likely N-dealkylation sites (tertiary alicyclic amines) is 1. The van der Waals surface area contributed by atoms with Gasteiger partial charge in [0.2, 0.25) is 5.91 Å². The molecule has 1 unspecified atom stereocenters. The normalized spacial score (nSPS) is 25.2. The number of amides is 2. The van der Waals surface area contributed by atoms with Crippen molar-refractivity contribution in [3.63, 3.8) is 0 Å². The van der Waals surface area contributed by atoms with Crippen LogP contribution in [0.4, 0.5) is 13.2 Å². The van der Waals surface area contributed by atoms with Crippen LogP contribution in [-0.2, 0) is 9.53 Å². The van der Waals surface area contributed by atoms with Gasteiger partial charge >= 0.3 is 6.18 Å². The third-order valence-corrected chi connectivity index (χ3v) is 7.20. The SMILES string of the molecule is CC1=CC2=NC(=O)c3cnn(C4CCOCC4)c3C2=CC1C(=O)N1CCC(O)(C(F)(F)F)CC1. The van der Waals surface area contributed by atoms with Crippen LogP contribution in [0.3, 0.4) is 0 Å². The van der Waals surface area contributed by atoms with Crippen molar-refractivity contribution in [3.05, 3.63) is 35.2 Å². The minimum Gasteiger partial charge on any atom is -0.381 e. The lowest BCUT2D eigenvalue weighted by Crippen LogP contribution is -2.55. The fourth-order valence-electron chi connectivity index (χ4n) is 5.07. The van der Waals surface area contributed by atoms with E-state index in [2.05, 4.69) is 10.1 Å². The second kappa shape index (κ2) is 8.16. The van der Waals surface area contributed by atoms with Crippen LogP contribution >= 0.6 is 0 Å². The monoisotopic (exact) mass is 478 g/mol. The molecule has 0 spiro atoms. The predicted molar refractivity (Wildman–Crippen MR) is 115 cm³/mol. The summed E-state index contributed by atoms with van der Waals surface area (Å²) in [5, 5.41) is 14.4. The van der Waals surface area contributed by atoms with Crippen LogP contribution in [0.15, 0.2) is 28.9 Å². The molecule has 2 fully saturated rings. The highest BCUT2D eigenvalue weighted by molar-refractivity contribution is 6.36. The average molecular weight is 478 g/mol. The Morgan fingerprint density at radius 3 is 2.56 bits per heavy atom. The standard InChI is InChI=1S/C23H25F3N4O4/c1-13-10-18-16(11-15(13)21(32)29-6-4-22(33,5-7-29)23(24,25)26)19-17(20(31)28-18)12-27-30(19)14-2-8-34-9-3-14/h10-12,14-15,33H,2-9H2,1H3. The molecule has 4 aliphatic rings. The highest BCUT2D eigenvalue weighted by Crippen LogP contribution is 2.40. The molecule has 182 valence electrons. The van der Waals surface area contributed by atoms with E-state index in [-0.39, 0.29) is 25.0 Å². The van der Waals surface area contributed by atoms with Gasteiger partial charge in [0, 0.05) is 44.7 Å². The maximum Gasteiger partial charge on any atom is 0.417 e. The van der Waals surface area contributed by atoms with Gasteiger partial charge in [0.05, 0.1) is 35.1 Å². The molecule has 4 heterocycles. The van der Waals surface area contributed by atoms with E-state index < -0.39 is 36.4 Å². The number of alkyl halides is 3. The van der Waals surface area contributed by atoms with Gasteiger partial charge in [0.25, 0.3) is 5.91 Å². The highest BCUT2D eigenvalue weighted by Gasteiger charge is 2.55. The van der Waals surface area contributed by atoms with Crippen LogP contribution in [0.5, 0.6) is 0 Å². The van der Waals surface area contributed by atoms with Gasteiger partial charge in [-0.25, -0.2) is 4.99 Å². The first-order valence-corrected chi connectivity index (χ1v) is 11.4. The third kappa shape index (κ3) is 3.70. The van der Waals surface area contributed by atoms with Crippen molar-refractivity contribution in [1.82, 2.24) is 14.7 Å². The maximum absolute atomic E-state index is 13.3. The number of hydrogen-bond acceptors (Lipinski definition) is 5. The number of halogens is 3. The molecule has 1 N–H and O–H groups in total. The second-order valence-corrected chi connectivity index (χ2v) is 9.30. The summed E-state index contributed by atoms with van der Waals surface area (Å²) in [5.41, 5.74) is -0.0433. The summed E-state index contributed by atoms with van der Waals surface area (Å²) in [6, 6.07) is 0.0499. The molecule has 5 rings (SSSR count). The molecule has 0 bridgehead atoms. The van der Waals surface area contributed by atoms with Crippen molar-refractivity contribution in [2.75, 3.05) is 26.3 Å². The van der Waals surface area contributed by atoms with E-state index >= 15 is 0 Å². The molecule has 1 aliphatic carbocycles. The van der Waals surface area contributed by atoms with Crippen LogP contribution in [-0.4, -0.2) is 75.4 Å². The van der Waals surface area contributed by atoms with E-state index in [0.29, 0.717) is 41.3 Å². The van der Waals surface area contributed by atoms with Gasteiger partial charge in [-0.3, -0.25) is 14.3 Å². The quantitative estimate of drug-likeness (QED) is 0.705. The Hall–Kier alpha value is -2.79. The number of piperidine rings is 1. The Morgan fingerprint density at radius 2 is 1.91 bits per heavy atom. The van der Waals surface area contributed by atoms with Crippen molar-refractivity contribution in [2.24, 2.45) is 10.9 Å². The molecule has 8 nitrogen and oxygen atoms in total. The summed E-state index contributed by atoms with van der Waals surface area (Å²) in [4.78, 5) is 31.5.